The molecule has 0 saturated heterocycles. The fourth-order valence-corrected chi connectivity index (χ4v) is 2.48. The normalized spacial score (nSPS) is 15.4. The lowest BCUT2D eigenvalue weighted by atomic mass is 9.95. The van der Waals surface area contributed by atoms with Crippen molar-refractivity contribution >= 4 is 6.21 Å². The lowest BCUT2D eigenvalue weighted by Gasteiger charge is -2.17. The first-order valence-electron chi connectivity index (χ1n) is 9.67. The number of allylic oxidation sites excluding steroid dienone is 11. The average molecular weight is 398 g/mol. The van der Waals surface area contributed by atoms with E-state index in [1.807, 2.05) is 31.2 Å². The second-order valence-electron chi connectivity index (χ2n) is 6.67. The standard InChI is InChI=1S/C24H35N3O2/c1-8-23(12-14-28-7)29-21(5)9-10-22(15-18(2)17-25)24(11-13-27-6)19(3)16-20(4)26/h9-11,13,15-16,23H,3,8,12,14,26H2,1-2,4-7H3/b18-15+,20-16-,21-9+,22-10+,24-11-,27-13-. The molecule has 2 N–H and O–H groups in total. The van der Waals surface area contributed by atoms with Gasteiger partial charge in [-0.3, -0.25) is 4.99 Å². The minimum atomic E-state index is 0.0967. The third kappa shape index (κ3) is 11.6. The van der Waals surface area contributed by atoms with Gasteiger partial charge in [0.25, 0.3) is 0 Å². The third-order valence-corrected chi connectivity index (χ3v) is 3.95. The summed E-state index contributed by atoms with van der Waals surface area (Å²) in [5.74, 6) is 0.785. The van der Waals surface area contributed by atoms with Gasteiger partial charge in [-0.05, 0) is 68.2 Å². The van der Waals surface area contributed by atoms with Crippen LogP contribution < -0.4 is 5.73 Å². The van der Waals surface area contributed by atoms with Crippen molar-refractivity contribution in [2.45, 2.75) is 46.6 Å². The summed E-state index contributed by atoms with van der Waals surface area (Å²) in [6.07, 6.45) is 12.8. The summed E-state index contributed by atoms with van der Waals surface area (Å²) >= 11 is 0. The van der Waals surface area contributed by atoms with Crippen LogP contribution in [0.1, 0.15) is 40.5 Å². The van der Waals surface area contributed by atoms with Crippen molar-refractivity contribution in [2.75, 3.05) is 20.8 Å². The quantitative estimate of drug-likeness (QED) is 0.213. The van der Waals surface area contributed by atoms with E-state index in [1.165, 1.54) is 0 Å². The molecule has 0 aromatic heterocycles. The molecule has 0 saturated carbocycles. The number of rotatable bonds is 12. The third-order valence-electron chi connectivity index (χ3n) is 3.95. The molecule has 5 nitrogen and oxygen atoms in total. The number of nitrogens with two attached hydrogens (primary N) is 1. The Morgan fingerprint density at radius 3 is 2.41 bits per heavy atom. The van der Waals surface area contributed by atoms with E-state index in [0.717, 1.165) is 35.3 Å². The molecular formula is C24H35N3O2. The van der Waals surface area contributed by atoms with Crippen LogP contribution in [0, 0.1) is 11.3 Å². The number of aliphatic imine (C=N–C) groups is 1. The molecule has 5 heteroatoms. The summed E-state index contributed by atoms with van der Waals surface area (Å²) in [6, 6.07) is 2.16. The Morgan fingerprint density at radius 1 is 1.21 bits per heavy atom. The van der Waals surface area contributed by atoms with Crippen molar-refractivity contribution in [3.8, 4) is 6.07 Å². The Morgan fingerprint density at radius 2 is 1.90 bits per heavy atom. The molecule has 0 fully saturated rings. The zero-order valence-electron chi connectivity index (χ0n) is 18.7. The van der Waals surface area contributed by atoms with E-state index in [1.54, 1.807) is 40.3 Å². The number of methoxy groups -OCH3 is 1. The summed E-state index contributed by atoms with van der Waals surface area (Å²) in [6.45, 7) is 12.3. The number of hydrogen-bond acceptors (Lipinski definition) is 5. The smallest absolute Gasteiger partial charge is 0.100 e. The van der Waals surface area contributed by atoms with Crippen molar-refractivity contribution in [1.82, 2.24) is 0 Å². The van der Waals surface area contributed by atoms with Gasteiger partial charge in [-0.2, -0.15) is 5.26 Å². The Bertz CT molecular complexity index is 755. The van der Waals surface area contributed by atoms with E-state index in [-0.39, 0.29) is 6.10 Å². The lowest BCUT2D eigenvalue weighted by molar-refractivity contribution is 0.0745. The van der Waals surface area contributed by atoms with Gasteiger partial charge in [-0.25, -0.2) is 0 Å². The molecule has 0 aliphatic heterocycles. The van der Waals surface area contributed by atoms with Gasteiger partial charge in [-0.15, -0.1) is 0 Å². The molecule has 0 spiro atoms. The summed E-state index contributed by atoms with van der Waals surface area (Å²) in [5.41, 5.74) is 9.43. The molecule has 0 heterocycles. The molecule has 1 unspecified atom stereocenters. The van der Waals surface area contributed by atoms with Crippen LogP contribution >= 0.6 is 0 Å². The highest BCUT2D eigenvalue weighted by Gasteiger charge is 2.09. The molecule has 0 aromatic rings. The molecule has 0 aliphatic rings. The van der Waals surface area contributed by atoms with Gasteiger partial charge in [0.15, 0.2) is 0 Å². The predicted octanol–water partition coefficient (Wildman–Crippen LogP) is 5.16. The Hall–Kier alpha value is -2.84. The van der Waals surface area contributed by atoms with Gasteiger partial charge < -0.3 is 15.2 Å². The second-order valence-corrected chi connectivity index (χ2v) is 6.67. The van der Waals surface area contributed by atoms with Crippen LogP contribution in [0.3, 0.4) is 0 Å². The first-order valence-corrected chi connectivity index (χ1v) is 9.67. The SMILES string of the molecule is C=C(/C=C(/C)N)C(=C/C=N\C)/C(/C=C(\C)C#N)=C/C=C(\C)OC(CC)CCOC. The maximum Gasteiger partial charge on any atom is 0.100 e. The molecule has 0 amide bonds. The molecule has 158 valence electrons. The second kappa shape index (κ2) is 15.1. The van der Waals surface area contributed by atoms with Gasteiger partial charge in [0.2, 0.25) is 0 Å². The first kappa shape index (κ1) is 26.2. The molecule has 29 heavy (non-hydrogen) atoms. The maximum absolute atomic E-state index is 9.24. The topological polar surface area (TPSA) is 80.6 Å². The summed E-state index contributed by atoms with van der Waals surface area (Å²) < 4.78 is 11.2. The maximum atomic E-state index is 9.24. The van der Waals surface area contributed by atoms with Crippen LogP contribution in [0.5, 0.6) is 0 Å². The number of ether oxygens (including phenoxy) is 2. The van der Waals surface area contributed by atoms with E-state index in [2.05, 4.69) is 24.6 Å². The highest BCUT2D eigenvalue weighted by molar-refractivity contribution is 5.77. The van der Waals surface area contributed by atoms with E-state index < -0.39 is 0 Å². The first-order chi connectivity index (χ1) is 13.8. The fourth-order valence-electron chi connectivity index (χ4n) is 2.48. The van der Waals surface area contributed by atoms with E-state index >= 15 is 0 Å². The van der Waals surface area contributed by atoms with Crippen molar-refractivity contribution in [2.24, 2.45) is 10.7 Å². The Labute approximate surface area is 176 Å². The van der Waals surface area contributed by atoms with Gasteiger partial charge >= 0.3 is 0 Å². The zero-order chi connectivity index (χ0) is 22.2. The summed E-state index contributed by atoms with van der Waals surface area (Å²) in [7, 11) is 3.38. The Kier molecular flexibility index (Phi) is 13.6. The monoisotopic (exact) mass is 397 g/mol. The van der Waals surface area contributed by atoms with Gasteiger partial charge in [-0.1, -0.05) is 19.6 Å². The molecule has 0 radical (unpaired) electrons. The van der Waals surface area contributed by atoms with E-state index in [0.29, 0.717) is 17.9 Å². The minimum absolute atomic E-state index is 0.0967. The van der Waals surface area contributed by atoms with Crippen LogP contribution in [0.25, 0.3) is 0 Å². The highest BCUT2D eigenvalue weighted by Crippen LogP contribution is 2.23. The van der Waals surface area contributed by atoms with E-state index in [9.17, 15) is 5.26 Å². The highest BCUT2D eigenvalue weighted by atomic mass is 16.5. The number of nitriles is 1. The van der Waals surface area contributed by atoms with Crippen molar-refractivity contribution in [3.05, 3.63) is 70.7 Å². The van der Waals surface area contributed by atoms with Crippen LogP contribution in [0.15, 0.2) is 75.7 Å². The van der Waals surface area contributed by atoms with Gasteiger partial charge in [0.05, 0.1) is 11.8 Å². The average Bonchev–Trinajstić information content (AvgIpc) is 2.68. The van der Waals surface area contributed by atoms with Crippen LogP contribution in [-0.2, 0) is 9.47 Å². The summed E-state index contributed by atoms with van der Waals surface area (Å²) in [5, 5.41) is 9.24. The number of hydrogen-bond donors (Lipinski definition) is 1. The largest absolute Gasteiger partial charge is 0.495 e. The molecule has 0 bridgehead atoms. The van der Waals surface area contributed by atoms with E-state index in [4.69, 9.17) is 15.2 Å². The van der Waals surface area contributed by atoms with Crippen molar-refractivity contribution < 1.29 is 9.47 Å². The minimum Gasteiger partial charge on any atom is -0.495 e. The summed E-state index contributed by atoms with van der Waals surface area (Å²) in [4.78, 5) is 4.03. The lowest BCUT2D eigenvalue weighted by Crippen LogP contribution is -2.13. The van der Waals surface area contributed by atoms with Crippen molar-refractivity contribution in [1.29, 1.82) is 5.26 Å². The van der Waals surface area contributed by atoms with Crippen LogP contribution in [0.2, 0.25) is 0 Å². The van der Waals surface area contributed by atoms with Crippen molar-refractivity contribution in [3.63, 3.8) is 0 Å². The molecule has 1 atom stereocenters. The number of nitrogens with zero attached hydrogens (tertiary/aromatic N) is 2. The molecule has 0 aromatic carbocycles. The van der Waals surface area contributed by atoms with Gasteiger partial charge in [0, 0.05) is 44.7 Å². The predicted molar refractivity (Wildman–Crippen MR) is 122 cm³/mol. The van der Waals surface area contributed by atoms with Crippen LogP contribution in [-0.4, -0.2) is 33.1 Å². The zero-order valence-corrected chi connectivity index (χ0v) is 18.7. The molecule has 0 aliphatic carbocycles. The molecule has 0 rings (SSSR count). The van der Waals surface area contributed by atoms with Gasteiger partial charge in [0.1, 0.15) is 6.10 Å². The fraction of sp³-hybridized carbons (Fsp3) is 0.417. The Balaban J connectivity index is 6.04. The van der Waals surface area contributed by atoms with Crippen LogP contribution in [0.4, 0.5) is 0 Å². The molecular weight excluding hydrogens is 362 g/mol.